The highest BCUT2D eigenvalue weighted by molar-refractivity contribution is 5.89. The van der Waals surface area contributed by atoms with Gasteiger partial charge in [-0.05, 0) is 29.7 Å². The van der Waals surface area contributed by atoms with Crippen LogP contribution in [-0.2, 0) is 22.4 Å². The van der Waals surface area contributed by atoms with Crippen LogP contribution in [0.4, 0.5) is 4.39 Å². The number of carbonyl (C=O) groups is 2. The van der Waals surface area contributed by atoms with Crippen LogP contribution in [0.25, 0.3) is 10.9 Å². The summed E-state index contributed by atoms with van der Waals surface area (Å²) in [6.07, 6.45) is 2.43. The Morgan fingerprint density at radius 1 is 1.07 bits per heavy atom. The van der Waals surface area contributed by atoms with Crippen LogP contribution in [0.5, 0.6) is 0 Å². The van der Waals surface area contributed by atoms with E-state index in [1.165, 1.54) is 13.1 Å². The lowest BCUT2D eigenvalue weighted by Crippen LogP contribution is -2.48. The van der Waals surface area contributed by atoms with E-state index in [1.54, 1.807) is 18.2 Å². The molecular formula is C22H25FN4O2. The van der Waals surface area contributed by atoms with Crippen LogP contribution in [-0.4, -0.2) is 35.9 Å². The second-order valence-corrected chi connectivity index (χ2v) is 7.06. The fourth-order valence-corrected chi connectivity index (χ4v) is 3.41. The van der Waals surface area contributed by atoms with Crippen molar-refractivity contribution in [1.82, 2.24) is 15.6 Å². The SMILES string of the molecule is CNC(=O)[C@@H](Cc1c[nH]c2ccccc12)NC(=O)C[C@H](N)Cc1ccccc1F. The first-order chi connectivity index (χ1) is 14.0. The molecule has 0 aliphatic carbocycles. The van der Waals surface area contributed by atoms with Crippen LogP contribution in [0.3, 0.4) is 0 Å². The lowest BCUT2D eigenvalue weighted by Gasteiger charge is -2.19. The molecular weight excluding hydrogens is 371 g/mol. The van der Waals surface area contributed by atoms with Gasteiger partial charge in [-0.15, -0.1) is 0 Å². The highest BCUT2D eigenvalue weighted by atomic mass is 19.1. The minimum absolute atomic E-state index is 0.00425. The molecule has 2 aromatic carbocycles. The summed E-state index contributed by atoms with van der Waals surface area (Å²) in [7, 11) is 1.53. The molecule has 3 aromatic rings. The maximum atomic E-state index is 13.8. The molecule has 0 aliphatic rings. The summed E-state index contributed by atoms with van der Waals surface area (Å²) in [5.41, 5.74) is 8.41. The van der Waals surface area contributed by atoms with Gasteiger partial charge in [0.15, 0.2) is 0 Å². The van der Waals surface area contributed by atoms with E-state index in [-0.39, 0.29) is 30.5 Å². The van der Waals surface area contributed by atoms with Crippen LogP contribution < -0.4 is 16.4 Å². The number of rotatable bonds is 8. The smallest absolute Gasteiger partial charge is 0.242 e. The van der Waals surface area contributed by atoms with Gasteiger partial charge in [0, 0.05) is 43.0 Å². The molecule has 1 heterocycles. The monoisotopic (exact) mass is 396 g/mol. The molecule has 2 amide bonds. The van der Waals surface area contributed by atoms with Crippen molar-refractivity contribution in [3.05, 3.63) is 71.7 Å². The van der Waals surface area contributed by atoms with Crippen LogP contribution in [0, 0.1) is 5.82 Å². The number of benzene rings is 2. The zero-order valence-electron chi connectivity index (χ0n) is 16.2. The molecule has 29 heavy (non-hydrogen) atoms. The first kappa shape index (κ1) is 20.5. The van der Waals surface area contributed by atoms with Gasteiger partial charge in [0.25, 0.3) is 0 Å². The van der Waals surface area contributed by atoms with Crippen LogP contribution in [0.15, 0.2) is 54.7 Å². The van der Waals surface area contributed by atoms with E-state index in [2.05, 4.69) is 15.6 Å². The fraction of sp³-hybridized carbons (Fsp3) is 0.273. The van der Waals surface area contributed by atoms with Gasteiger partial charge in [0.1, 0.15) is 11.9 Å². The van der Waals surface area contributed by atoms with Gasteiger partial charge >= 0.3 is 0 Å². The molecule has 7 heteroatoms. The first-order valence-electron chi connectivity index (χ1n) is 9.53. The molecule has 0 bridgehead atoms. The Bertz CT molecular complexity index is 1000. The van der Waals surface area contributed by atoms with Gasteiger partial charge in [0.05, 0.1) is 0 Å². The zero-order chi connectivity index (χ0) is 20.8. The maximum Gasteiger partial charge on any atom is 0.242 e. The molecule has 0 fully saturated rings. The third kappa shape index (κ3) is 5.20. The Hall–Kier alpha value is -3.19. The van der Waals surface area contributed by atoms with Gasteiger partial charge < -0.3 is 21.4 Å². The number of fused-ring (bicyclic) bond motifs is 1. The van der Waals surface area contributed by atoms with Crippen molar-refractivity contribution in [2.75, 3.05) is 7.05 Å². The van der Waals surface area contributed by atoms with Crippen molar-refractivity contribution in [1.29, 1.82) is 0 Å². The molecule has 3 rings (SSSR count). The summed E-state index contributed by atoms with van der Waals surface area (Å²) >= 11 is 0. The number of para-hydroxylation sites is 1. The molecule has 0 radical (unpaired) electrons. The number of nitrogens with two attached hydrogens (primary N) is 1. The number of aromatic amines is 1. The molecule has 0 unspecified atom stereocenters. The molecule has 1 aromatic heterocycles. The Balaban J connectivity index is 1.64. The summed E-state index contributed by atoms with van der Waals surface area (Å²) in [6.45, 7) is 0. The number of halogens is 1. The molecule has 0 spiro atoms. The van der Waals surface area contributed by atoms with E-state index >= 15 is 0 Å². The summed E-state index contributed by atoms with van der Waals surface area (Å²) in [4.78, 5) is 28.0. The van der Waals surface area contributed by atoms with E-state index < -0.39 is 12.1 Å². The number of carbonyl (C=O) groups excluding carboxylic acids is 2. The van der Waals surface area contributed by atoms with Crippen LogP contribution >= 0.6 is 0 Å². The molecule has 0 saturated carbocycles. The molecule has 6 nitrogen and oxygen atoms in total. The highest BCUT2D eigenvalue weighted by Gasteiger charge is 2.23. The quantitative estimate of drug-likeness (QED) is 0.469. The van der Waals surface area contributed by atoms with Crippen molar-refractivity contribution in [3.8, 4) is 0 Å². The van der Waals surface area contributed by atoms with Gasteiger partial charge in [-0.1, -0.05) is 36.4 Å². The van der Waals surface area contributed by atoms with Gasteiger partial charge in [-0.25, -0.2) is 4.39 Å². The average Bonchev–Trinajstić information content (AvgIpc) is 3.11. The van der Waals surface area contributed by atoms with Crippen molar-refractivity contribution in [2.45, 2.75) is 31.3 Å². The molecule has 5 N–H and O–H groups in total. The average molecular weight is 396 g/mol. The minimum atomic E-state index is -0.729. The number of H-pyrrole nitrogens is 1. The van der Waals surface area contributed by atoms with E-state index in [0.717, 1.165) is 16.5 Å². The van der Waals surface area contributed by atoms with Gasteiger partial charge in [-0.3, -0.25) is 9.59 Å². The van der Waals surface area contributed by atoms with Crippen molar-refractivity contribution in [2.24, 2.45) is 5.73 Å². The fourth-order valence-electron chi connectivity index (χ4n) is 3.41. The van der Waals surface area contributed by atoms with Crippen LogP contribution in [0.1, 0.15) is 17.5 Å². The van der Waals surface area contributed by atoms with E-state index in [0.29, 0.717) is 12.0 Å². The number of hydrogen-bond acceptors (Lipinski definition) is 3. The standard InChI is InChI=1S/C22H25FN4O2/c1-25-22(29)20(11-15-13-26-19-9-5-3-7-17(15)19)27-21(28)12-16(24)10-14-6-2-4-8-18(14)23/h2-9,13,16,20,26H,10-12,24H2,1H3,(H,25,29)(H,27,28)/t16-,20-/m1/s1. The van der Waals surface area contributed by atoms with Crippen LogP contribution in [0.2, 0.25) is 0 Å². The van der Waals surface area contributed by atoms with Gasteiger partial charge in [0.2, 0.25) is 11.8 Å². The Morgan fingerprint density at radius 3 is 2.55 bits per heavy atom. The van der Waals surface area contributed by atoms with E-state index in [4.69, 9.17) is 5.73 Å². The third-order valence-electron chi connectivity index (χ3n) is 4.88. The van der Waals surface area contributed by atoms with Gasteiger partial charge in [-0.2, -0.15) is 0 Å². The van der Waals surface area contributed by atoms with Crippen molar-refractivity contribution < 1.29 is 14.0 Å². The molecule has 0 saturated heterocycles. The summed E-state index contributed by atoms with van der Waals surface area (Å²) in [5.74, 6) is -0.973. The second kappa shape index (κ2) is 9.34. The Kier molecular flexibility index (Phi) is 6.61. The first-order valence-corrected chi connectivity index (χ1v) is 9.53. The Labute approximate surface area is 168 Å². The number of nitrogens with one attached hydrogen (secondary N) is 3. The lowest BCUT2D eigenvalue weighted by molar-refractivity contribution is -0.128. The highest BCUT2D eigenvalue weighted by Crippen LogP contribution is 2.19. The summed E-state index contributed by atoms with van der Waals surface area (Å²) < 4.78 is 13.8. The molecule has 152 valence electrons. The number of amides is 2. The Morgan fingerprint density at radius 2 is 1.79 bits per heavy atom. The normalized spacial score (nSPS) is 13.1. The minimum Gasteiger partial charge on any atom is -0.361 e. The molecule has 0 aliphatic heterocycles. The largest absolute Gasteiger partial charge is 0.361 e. The zero-order valence-corrected chi connectivity index (χ0v) is 16.2. The van der Waals surface area contributed by atoms with Crippen molar-refractivity contribution >= 4 is 22.7 Å². The number of aromatic nitrogens is 1. The third-order valence-corrected chi connectivity index (χ3v) is 4.88. The molecule has 2 atom stereocenters. The van der Waals surface area contributed by atoms with Crippen molar-refractivity contribution in [3.63, 3.8) is 0 Å². The second-order valence-electron chi connectivity index (χ2n) is 7.06. The predicted octanol–water partition coefficient (Wildman–Crippen LogP) is 2.04. The predicted molar refractivity (Wildman–Crippen MR) is 111 cm³/mol. The van der Waals surface area contributed by atoms with E-state index in [1.807, 2.05) is 30.5 Å². The number of hydrogen-bond donors (Lipinski definition) is 4. The summed E-state index contributed by atoms with van der Waals surface area (Å²) in [6, 6.07) is 12.8. The number of likely N-dealkylation sites (N-methyl/N-ethyl adjacent to an activating group) is 1. The summed E-state index contributed by atoms with van der Waals surface area (Å²) in [5, 5.41) is 6.36. The van der Waals surface area contributed by atoms with E-state index in [9.17, 15) is 14.0 Å². The lowest BCUT2D eigenvalue weighted by atomic mass is 10.0. The topological polar surface area (TPSA) is 100 Å². The maximum absolute atomic E-state index is 13.8.